The SMILES string of the molecule is COc1ccc(S(=O)(=O)CCCON)cc1. The average Bonchev–Trinajstić information content (AvgIpc) is 2.29. The Balaban J connectivity index is 2.74. The number of hydrogen-bond acceptors (Lipinski definition) is 5. The molecule has 2 N–H and O–H groups in total. The van der Waals surface area contributed by atoms with E-state index in [4.69, 9.17) is 10.6 Å². The summed E-state index contributed by atoms with van der Waals surface area (Å²) in [6.07, 6.45) is 0.380. The summed E-state index contributed by atoms with van der Waals surface area (Å²) >= 11 is 0. The van der Waals surface area contributed by atoms with E-state index in [1.54, 1.807) is 12.1 Å². The standard InChI is InChI=1S/C10H15NO4S/c1-14-9-3-5-10(6-4-9)16(12,13)8-2-7-15-11/h3-6H,2,7-8,11H2,1H3. The molecule has 1 rings (SSSR count). The first kappa shape index (κ1) is 13.0. The van der Waals surface area contributed by atoms with Gasteiger partial charge in [-0.2, -0.15) is 0 Å². The highest BCUT2D eigenvalue weighted by Crippen LogP contribution is 2.17. The molecule has 0 saturated carbocycles. The van der Waals surface area contributed by atoms with Crippen LogP contribution in [0.25, 0.3) is 0 Å². The fourth-order valence-corrected chi connectivity index (χ4v) is 2.52. The number of rotatable bonds is 6. The van der Waals surface area contributed by atoms with E-state index in [-0.39, 0.29) is 17.3 Å². The first-order valence-electron chi connectivity index (χ1n) is 4.78. The van der Waals surface area contributed by atoms with E-state index in [1.165, 1.54) is 19.2 Å². The van der Waals surface area contributed by atoms with Gasteiger partial charge in [0.1, 0.15) is 5.75 Å². The molecule has 0 amide bonds. The van der Waals surface area contributed by atoms with Crippen LogP contribution in [0.1, 0.15) is 6.42 Å². The Bertz CT molecular complexity index is 413. The minimum atomic E-state index is -3.25. The van der Waals surface area contributed by atoms with Gasteiger partial charge in [0.15, 0.2) is 9.84 Å². The Kier molecular flexibility index (Phi) is 4.72. The lowest BCUT2D eigenvalue weighted by Gasteiger charge is -2.05. The summed E-state index contributed by atoms with van der Waals surface area (Å²) in [5, 5.41) is 0. The lowest BCUT2D eigenvalue weighted by molar-refractivity contribution is 0.139. The molecule has 16 heavy (non-hydrogen) atoms. The molecular formula is C10H15NO4S. The van der Waals surface area contributed by atoms with Gasteiger partial charge >= 0.3 is 0 Å². The molecule has 0 aliphatic heterocycles. The van der Waals surface area contributed by atoms with Gasteiger partial charge in [-0.1, -0.05) is 0 Å². The first-order valence-corrected chi connectivity index (χ1v) is 6.44. The van der Waals surface area contributed by atoms with Crippen molar-refractivity contribution < 1.29 is 18.0 Å². The van der Waals surface area contributed by atoms with Crippen molar-refractivity contribution in [3.63, 3.8) is 0 Å². The third-order valence-corrected chi connectivity index (χ3v) is 3.91. The number of benzene rings is 1. The molecular weight excluding hydrogens is 230 g/mol. The van der Waals surface area contributed by atoms with E-state index in [1.807, 2.05) is 0 Å². The molecule has 0 spiro atoms. The molecule has 0 fully saturated rings. The van der Waals surface area contributed by atoms with E-state index in [9.17, 15) is 8.42 Å². The normalized spacial score (nSPS) is 11.4. The van der Waals surface area contributed by atoms with E-state index >= 15 is 0 Å². The van der Waals surface area contributed by atoms with Crippen molar-refractivity contribution in [3.05, 3.63) is 24.3 Å². The van der Waals surface area contributed by atoms with Gasteiger partial charge in [0, 0.05) is 0 Å². The molecule has 90 valence electrons. The van der Waals surface area contributed by atoms with E-state index in [0.717, 1.165) is 0 Å². The van der Waals surface area contributed by atoms with Crippen molar-refractivity contribution in [2.75, 3.05) is 19.5 Å². The van der Waals surface area contributed by atoms with Gasteiger partial charge in [0.25, 0.3) is 0 Å². The Morgan fingerprint density at radius 1 is 1.25 bits per heavy atom. The summed E-state index contributed by atoms with van der Waals surface area (Å²) in [6.45, 7) is 0.232. The van der Waals surface area contributed by atoms with Crippen LogP contribution in [0.3, 0.4) is 0 Å². The van der Waals surface area contributed by atoms with Crippen LogP contribution < -0.4 is 10.6 Å². The summed E-state index contributed by atoms with van der Waals surface area (Å²) in [5.74, 6) is 5.48. The summed E-state index contributed by atoms with van der Waals surface area (Å²) in [6, 6.07) is 6.29. The molecule has 0 saturated heterocycles. The molecule has 5 nitrogen and oxygen atoms in total. The summed E-state index contributed by atoms with van der Waals surface area (Å²) in [5.41, 5.74) is 0. The van der Waals surface area contributed by atoms with Crippen LogP contribution in [-0.4, -0.2) is 27.9 Å². The number of nitrogens with two attached hydrogens (primary N) is 1. The Morgan fingerprint density at radius 2 is 1.88 bits per heavy atom. The second-order valence-electron chi connectivity index (χ2n) is 3.22. The molecule has 0 heterocycles. The van der Waals surface area contributed by atoms with E-state index in [0.29, 0.717) is 12.2 Å². The largest absolute Gasteiger partial charge is 0.497 e. The Hall–Kier alpha value is -1.11. The predicted molar refractivity (Wildman–Crippen MR) is 59.8 cm³/mol. The zero-order valence-electron chi connectivity index (χ0n) is 9.05. The van der Waals surface area contributed by atoms with Crippen molar-refractivity contribution >= 4 is 9.84 Å². The highest BCUT2D eigenvalue weighted by molar-refractivity contribution is 7.91. The third-order valence-electron chi connectivity index (χ3n) is 2.09. The van der Waals surface area contributed by atoms with Gasteiger partial charge in [-0.15, -0.1) is 0 Å². The van der Waals surface area contributed by atoms with Crippen LogP contribution in [0, 0.1) is 0 Å². The maximum absolute atomic E-state index is 11.8. The molecule has 0 aliphatic rings. The van der Waals surface area contributed by atoms with Gasteiger partial charge in [-0.3, -0.25) is 0 Å². The molecule has 1 aromatic carbocycles. The van der Waals surface area contributed by atoms with Crippen molar-refractivity contribution in [3.8, 4) is 5.75 Å². The van der Waals surface area contributed by atoms with Crippen molar-refractivity contribution in [2.45, 2.75) is 11.3 Å². The minimum Gasteiger partial charge on any atom is -0.497 e. The summed E-state index contributed by atoms with van der Waals surface area (Å²) in [7, 11) is -1.72. The zero-order chi connectivity index (χ0) is 12.0. The second kappa shape index (κ2) is 5.83. The highest BCUT2D eigenvalue weighted by Gasteiger charge is 2.13. The molecule has 0 unspecified atom stereocenters. The van der Waals surface area contributed by atoms with Gasteiger partial charge in [0.05, 0.1) is 24.4 Å². The second-order valence-corrected chi connectivity index (χ2v) is 5.33. The Labute approximate surface area is 95.0 Å². The fourth-order valence-electron chi connectivity index (χ4n) is 1.23. The molecule has 0 aromatic heterocycles. The lowest BCUT2D eigenvalue weighted by atomic mass is 10.3. The van der Waals surface area contributed by atoms with Crippen molar-refractivity contribution in [1.29, 1.82) is 0 Å². The predicted octanol–water partition coefficient (Wildman–Crippen LogP) is 0.749. The van der Waals surface area contributed by atoms with Crippen LogP contribution in [-0.2, 0) is 14.7 Å². The highest BCUT2D eigenvalue weighted by atomic mass is 32.2. The van der Waals surface area contributed by atoms with Crippen LogP contribution in [0.2, 0.25) is 0 Å². The fraction of sp³-hybridized carbons (Fsp3) is 0.400. The summed E-state index contributed by atoms with van der Waals surface area (Å²) < 4.78 is 28.5. The smallest absolute Gasteiger partial charge is 0.178 e. The minimum absolute atomic E-state index is 0.0243. The van der Waals surface area contributed by atoms with E-state index in [2.05, 4.69) is 4.84 Å². The first-order chi connectivity index (χ1) is 7.60. The molecule has 0 radical (unpaired) electrons. The number of ether oxygens (including phenoxy) is 1. The van der Waals surface area contributed by atoms with Crippen LogP contribution in [0.15, 0.2) is 29.2 Å². The average molecular weight is 245 g/mol. The Morgan fingerprint density at radius 3 is 2.38 bits per heavy atom. The molecule has 6 heteroatoms. The number of methoxy groups -OCH3 is 1. The molecule has 0 aliphatic carbocycles. The molecule has 1 aromatic rings. The third kappa shape index (κ3) is 3.48. The number of hydrogen-bond donors (Lipinski definition) is 1. The lowest BCUT2D eigenvalue weighted by Crippen LogP contribution is -2.11. The van der Waals surface area contributed by atoms with Crippen LogP contribution in [0.4, 0.5) is 0 Å². The quantitative estimate of drug-likeness (QED) is 0.591. The maximum atomic E-state index is 11.8. The zero-order valence-corrected chi connectivity index (χ0v) is 9.87. The van der Waals surface area contributed by atoms with Gasteiger partial charge in [-0.05, 0) is 30.7 Å². The molecule has 0 atom stereocenters. The van der Waals surface area contributed by atoms with Crippen molar-refractivity contribution in [1.82, 2.24) is 0 Å². The van der Waals surface area contributed by atoms with Gasteiger partial charge < -0.3 is 9.57 Å². The maximum Gasteiger partial charge on any atom is 0.178 e. The monoisotopic (exact) mass is 245 g/mol. The van der Waals surface area contributed by atoms with E-state index < -0.39 is 9.84 Å². The van der Waals surface area contributed by atoms with Crippen molar-refractivity contribution in [2.24, 2.45) is 5.90 Å². The topological polar surface area (TPSA) is 78.6 Å². The molecule has 0 bridgehead atoms. The number of sulfone groups is 1. The van der Waals surface area contributed by atoms with Crippen LogP contribution in [0.5, 0.6) is 5.75 Å². The summed E-state index contributed by atoms with van der Waals surface area (Å²) in [4.78, 5) is 4.61. The van der Waals surface area contributed by atoms with Crippen LogP contribution >= 0.6 is 0 Å². The van der Waals surface area contributed by atoms with Gasteiger partial charge in [-0.25, -0.2) is 14.3 Å². The van der Waals surface area contributed by atoms with Gasteiger partial charge in [0.2, 0.25) is 0 Å².